The summed E-state index contributed by atoms with van der Waals surface area (Å²) in [6.07, 6.45) is 2.14. The van der Waals surface area contributed by atoms with Crippen molar-refractivity contribution in [1.82, 2.24) is 15.8 Å². The molecule has 2 N–H and O–H groups in total. The number of urea groups is 1. The number of nitrogens with zero attached hydrogens (tertiary/aromatic N) is 1. The van der Waals surface area contributed by atoms with Crippen LogP contribution >= 0.6 is 0 Å². The van der Waals surface area contributed by atoms with Crippen LogP contribution < -0.4 is 10.7 Å². The van der Waals surface area contributed by atoms with Crippen molar-refractivity contribution in [2.24, 2.45) is 0 Å². The number of hydrogen-bond acceptors (Lipinski definition) is 5. The molecule has 0 aromatic heterocycles. The molecule has 3 rings (SSSR count). The molecule has 1 aromatic rings. The third-order valence-electron chi connectivity index (χ3n) is 5.16. The minimum absolute atomic E-state index is 0.00625. The molecule has 3 unspecified atom stereocenters. The number of hydrogen-bond donors (Lipinski definition) is 2. The summed E-state index contributed by atoms with van der Waals surface area (Å²) < 4.78 is 11.0. The van der Waals surface area contributed by atoms with Crippen LogP contribution in [0.3, 0.4) is 0 Å². The topological polar surface area (TPSA) is 97.0 Å². The highest BCUT2D eigenvalue weighted by atomic mass is 16.5. The average molecular weight is 389 g/mol. The maximum atomic E-state index is 12.8. The Morgan fingerprint density at radius 1 is 1.39 bits per heavy atom. The number of hydrazine groups is 1. The second-order valence-electron chi connectivity index (χ2n) is 7.48. The highest BCUT2D eigenvalue weighted by Crippen LogP contribution is 2.22. The summed E-state index contributed by atoms with van der Waals surface area (Å²) in [6.45, 7) is 4.26. The van der Waals surface area contributed by atoms with Crippen molar-refractivity contribution in [3.8, 4) is 0 Å². The number of carbonyl (C=O) groups excluding carboxylic acids is 3. The van der Waals surface area contributed by atoms with Gasteiger partial charge in [-0.25, -0.2) is 4.79 Å². The Kier molecular flexibility index (Phi) is 6.31. The molecule has 3 atom stereocenters. The number of amides is 4. The molecular formula is C20H27N3O5. The number of rotatable bonds is 8. The molecule has 4 amide bonds. The Bertz CT molecular complexity index is 720. The summed E-state index contributed by atoms with van der Waals surface area (Å²) in [6, 6.07) is 9.08. The fourth-order valence-corrected chi connectivity index (χ4v) is 3.30. The molecule has 2 fully saturated rings. The van der Waals surface area contributed by atoms with E-state index in [2.05, 4.69) is 10.7 Å². The molecule has 0 radical (unpaired) electrons. The van der Waals surface area contributed by atoms with Gasteiger partial charge in [-0.05, 0) is 45.1 Å². The van der Waals surface area contributed by atoms with Crippen LogP contribution in [0.5, 0.6) is 0 Å². The van der Waals surface area contributed by atoms with Crippen molar-refractivity contribution in [2.45, 2.75) is 57.3 Å². The zero-order valence-corrected chi connectivity index (χ0v) is 16.3. The summed E-state index contributed by atoms with van der Waals surface area (Å²) >= 11 is 0. The Hall–Kier alpha value is -2.45. The van der Waals surface area contributed by atoms with Crippen molar-refractivity contribution in [3.63, 3.8) is 0 Å². The van der Waals surface area contributed by atoms with E-state index in [9.17, 15) is 14.4 Å². The van der Waals surface area contributed by atoms with Crippen LogP contribution in [0, 0.1) is 0 Å². The molecule has 0 bridgehead atoms. The van der Waals surface area contributed by atoms with Gasteiger partial charge in [0.15, 0.2) is 0 Å². The molecule has 0 spiro atoms. The van der Waals surface area contributed by atoms with Gasteiger partial charge in [0.05, 0.1) is 12.7 Å². The van der Waals surface area contributed by atoms with E-state index in [1.54, 1.807) is 13.8 Å². The molecule has 152 valence electrons. The van der Waals surface area contributed by atoms with E-state index < -0.39 is 29.5 Å². The van der Waals surface area contributed by atoms with Crippen LogP contribution in [0.2, 0.25) is 0 Å². The molecule has 2 heterocycles. The normalized spacial score (nSPS) is 25.6. The van der Waals surface area contributed by atoms with E-state index in [1.807, 2.05) is 30.3 Å². The van der Waals surface area contributed by atoms with Gasteiger partial charge in [0.25, 0.3) is 11.8 Å². The number of imide groups is 1. The molecule has 0 saturated carbocycles. The Morgan fingerprint density at radius 3 is 2.82 bits per heavy atom. The number of carbonyl (C=O) groups is 3. The fraction of sp³-hybridized carbons (Fsp3) is 0.550. The molecule has 0 aliphatic carbocycles. The van der Waals surface area contributed by atoms with E-state index in [0.717, 1.165) is 23.4 Å². The Balaban J connectivity index is 1.52. The number of aryl methyl sites for hydroxylation is 1. The lowest BCUT2D eigenvalue weighted by Gasteiger charge is -2.22. The molecule has 28 heavy (non-hydrogen) atoms. The lowest BCUT2D eigenvalue weighted by atomic mass is 9.93. The van der Waals surface area contributed by atoms with E-state index in [-0.39, 0.29) is 6.10 Å². The summed E-state index contributed by atoms with van der Waals surface area (Å²) in [7, 11) is 0. The van der Waals surface area contributed by atoms with Crippen LogP contribution in [0.15, 0.2) is 30.3 Å². The minimum Gasteiger partial charge on any atom is -0.376 e. The van der Waals surface area contributed by atoms with Gasteiger partial charge in [-0.1, -0.05) is 30.3 Å². The fourth-order valence-electron chi connectivity index (χ4n) is 3.30. The van der Waals surface area contributed by atoms with Crippen LogP contribution in [0.25, 0.3) is 0 Å². The third kappa shape index (κ3) is 4.69. The molecule has 8 nitrogen and oxygen atoms in total. The van der Waals surface area contributed by atoms with Gasteiger partial charge < -0.3 is 14.8 Å². The zero-order valence-electron chi connectivity index (χ0n) is 16.3. The highest BCUT2D eigenvalue weighted by molar-refractivity contribution is 6.07. The van der Waals surface area contributed by atoms with E-state index in [1.165, 1.54) is 0 Å². The van der Waals surface area contributed by atoms with Crippen molar-refractivity contribution in [3.05, 3.63) is 35.9 Å². The zero-order chi connectivity index (χ0) is 20.1. The second-order valence-corrected chi connectivity index (χ2v) is 7.48. The Labute approximate surface area is 164 Å². The van der Waals surface area contributed by atoms with E-state index >= 15 is 0 Å². The van der Waals surface area contributed by atoms with Crippen molar-refractivity contribution in [1.29, 1.82) is 0 Å². The molecule has 1 aromatic carbocycles. The standard InChI is InChI=1S/C20H27N3O5/c1-14(28-13-16-9-6-12-27-16)17(24)22-23-18(25)20(2,21-19(23)26)11-10-15-7-4-3-5-8-15/h3-5,7-8,14,16H,6,9-13H2,1-2H3,(H,21,26)(H,22,24). The monoisotopic (exact) mass is 389 g/mol. The third-order valence-corrected chi connectivity index (χ3v) is 5.16. The summed E-state index contributed by atoms with van der Waals surface area (Å²) in [4.78, 5) is 37.3. The van der Waals surface area contributed by atoms with Gasteiger partial charge in [0.1, 0.15) is 11.6 Å². The van der Waals surface area contributed by atoms with Gasteiger partial charge >= 0.3 is 6.03 Å². The van der Waals surface area contributed by atoms with E-state index in [0.29, 0.717) is 26.1 Å². The van der Waals surface area contributed by atoms with E-state index in [4.69, 9.17) is 9.47 Å². The highest BCUT2D eigenvalue weighted by Gasteiger charge is 2.48. The maximum Gasteiger partial charge on any atom is 0.344 e. The van der Waals surface area contributed by atoms with Crippen molar-refractivity contribution >= 4 is 17.8 Å². The largest absolute Gasteiger partial charge is 0.376 e. The van der Waals surface area contributed by atoms with Gasteiger partial charge in [-0.2, -0.15) is 5.01 Å². The van der Waals surface area contributed by atoms with Gasteiger partial charge in [-0.15, -0.1) is 0 Å². The first-order valence-corrected chi connectivity index (χ1v) is 9.63. The van der Waals surface area contributed by atoms with Gasteiger partial charge in [0.2, 0.25) is 0 Å². The summed E-state index contributed by atoms with van der Waals surface area (Å²) in [5, 5.41) is 3.43. The van der Waals surface area contributed by atoms with Gasteiger partial charge in [-0.3, -0.25) is 15.0 Å². The van der Waals surface area contributed by atoms with Crippen molar-refractivity contribution in [2.75, 3.05) is 13.2 Å². The predicted octanol–water partition coefficient (Wildman–Crippen LogP) is 1.54. The SMILES string of the molecule is CC(OCC1CCCO1)C(=O)NN1C(=O)NC(C)(CCc2ccccc2)C1=O. The molecule has 2 saturated heterocycles. The van der Waals surface area contributed by atoms with Crippen molar-refractivity contribution < 1.29 is 23.9 Å². The second kappa shape index (κ2) is 8.70. The average Bonchev–Trinajstić information content (AvgIpc) is 3.28. The quantitative estimate of drug-likeness (QED) is 0.658. The molecule has 2 aliphatic rings. The minimum atomic E-state index is -1.07. The maximum absolute atomic E-state index is 12.8. The molecule has 2 aliphatic heterocycles. The summed E-state index contributed by atoms with van der Waals surface area (Å²) in [5.41, 5.74) is 2.38. The lowest BCUT2D eigenvalue weighted by molar-refractivity contribution is -0.144. The summed E-state index contributed by atoms with van der Waals surface area (Å²) in [5.74, 6) is -1.03. The Morgan fingerprint density at radius 2 is 2.14 bits per heavy atom. The van der Waals surface area contributed by atoms with Crippen LogP contribution in [-0.2, 0) is 25.5 Å². The van der Waals surface area contributed by atoms with Gasteiger partial charge in [0, 0.05) is 6.61 Å². The number of benzene rings is 1. The number of ether oxygens (including phenoxy) is 2. The van der Waals surface area contributed by atoms with Crippen LogP contribution in [0.1, 0.15) is 38.7 Å². The predicted molar refractivity (Wildman–Crippen MR) is 101 cm³/mol. The smallest absolute Gasteiger partial charge is 0.344 e. The first-order valence-electron chi connectivity index (χ1n) is 9.63. The first kappa shape index (κ1) is 20.3. The molecule has 8 heteroatoms. The van der Waals surface area contributed by atoms with Crippen LogP contribution in [0.4, 0.5) is 4.79 Å². The number of nitrogens with one attached hydrogen (secondary N) is 2. The van der Waals surface area contributed by atoms with Crippen LogP contribution in [-0.4, -0.2) is 53.8 Å². The lowest BCUT2D eigenvalue weighted by Crippen LogP contribution is -2.51. The first-order chi connectivity index (χ1) is 13.4. The molecular weight excluding hydrogens is 362 g/mol.